The highest BCUT2D eigenvalue weighted by Gasteiger charge is 2.19. The first-order chi connectivity index (χ1) is 13.7. The highest BCUT2D eigenvalue weighted by atomic mass is 19.1. The number of ether oxygens (including phenoxy) is 2. The quantitative estimate of drug-likeness (QED) is 0.667. The van der Waals surface area contributed by atoms with E-state index in [0.29, 0.717) is 0 Å². The maximum atomic E-state index is 13.2. The third-order valence-electron chi connectivity index (χ3n) is 5.11. The number of hydrogen-bond acceptors (Lipinski definition) is 4. The van der Waals surface area contributed by atoms with Crippen LogP contribution in [0.3, 0.4) is 0 Å². The van der Waals surface area contributed by atoms with E-state index in [1.807, 2.05) is 12.1 Å². The van der Waals surface area contributed by atoms with Crippen molar-refractivity contribution in [3.8, 4) is 22.8 Å². The Bertz CT molecular complexity index is 953. The number of aromatic nitrogens is 2. The SMILES string of the molecule is COc1cccc(CN2CCCn3nc(-c4ccc(F)cc4)cc3C2)c1OC. The fourth-order valence-electron chi connectivity index (χ4n) is 3.74. The van der Waals surface area contributed by atoms with Gasteiger partial charge in [-0.3, -0.25) is 9.58 Å². The summed E-state index contributed by atoms with van der Waals surface area (Å²) in [5, 5.41) is 4.74. The lowest BCUT2D eigenvalue weighted by Gasteiger charge is -2.21. The van der Waals surface area contributed by atoms with Crippen LogP contribution in [0.5, 0.6) is 11.5 Å². The fourth-order valence-corrected chi connectivity index (χ4v) is 3.74. The maximum Gasteiger partial charge on any atom is 0.165 e. The predicted molar refractivity (Wildman–Crippen MR) is 106 cm³/mol. The molecule has 1 aliphatic heterocycles. The van der Waals surface area contributed by atoms with Crippen molar-refractivity contribution in [1.82, 2.24) is 14.7 Å². The zero-order valence-corrected chi connectivity index (χ0v) is 16.2. The molecule has 0 N–H and O–H groups in total. The lowest BCUT2D eigenvalue weighted by molar-refractivity contribution is 0.254. The van der Waals surface area contributed by atoms with Gasteiger partial charge in [-0.2, -0.15) is 5.10 Å². The van der Waals surface area contributed by atoms with Crippen molar-refractivity contribution < 1.29 is 13.9 Å². The largest absolute Gasteiger partial charge is 0.493 e. The Hall–Kier alpha value is -2.86. The van der Waals surface area contributed by atoms with Gasteiger partial charge in [0.2, 0.25) is 0 Å². The van der Waals surface area contributed by atoms with Crippen LogP contribution in [0.2, 0.25) is 0 Å². The molecule has 2 aromatic carbocycles. The van der Waals surface area contributed by atoms with Crippen LogP contribution in [0.25, 0.3) is 11.3 Å². The maximum absolute atomic E-state index is 13.2. The molecule has 0 fully saturated rings. The van der Waals surface area contributed by atoms with Gasteiger partial charge in [0.25, 0.3) is 0 Å². The number of halogens is 1. The Morgan fingerprint density at radius 3 is 2.61 bits per heavy atom. The van der Waals surface area contributed by atoms with Gasteiger partial charge in [0, 0.05) is 37.3 Å². The van der Waals surface area contributed by atoms with Crippen LogP contribution in [-0.2, 0) is 19.6 Å². The molecule has 28 heavy (non-hydrogen) atoms. The second-order valence-electron chi connectivity index (χ2n) is 6.97. The van der Waals surface area contributed by atoms with E-state index < -0.39 is 0 Å². The zero-order valence-electron chi connectivity index (χ0n) is 16.2. The summed E-state index contributed by atoms with van der Waals surface area (Å²) in [6.07, 6.45) is 1.02. The Morgan fingerprint density at radius 1 is 1.04 bits per heavy atom. The topological polar surface area (TPSA) is 39.5 Å². The molecule has 0 atom stereocenters. The Balaban J connectivity index is 1.56. The number of aryl methyl sites for hydroxylation is 1. The van der Waals surface area contributed by atoms with E-state index in [9.17, 15) is 4.39 Å². The molecule has 0 radical (unpaired) electrons. The molecule has 2 heterocycles. The molecule has 6 heteroatoms. The van der Waals surface area contributed by atoms with Crippen molar-refractivity contribution >= 4 is 0 Å². The molecular formula is C22H24FN3O2. The van der Waals surface area contributed by atoms with Crippen LogP contribution in [-0.4, -0.2) is 35.4 Å². The average molecular weight is 381 g/mol. The van der Waals surface area contributed by atoms with Crippen molar-refractivity contribution in [2.24, 2.45) is 0 Å². The lowest BCUT2D eigenvalue weighted by Crippen LogP contribution is -2.23. The van der Waals surface area contributed by atoms with Gasteiger partial charge in [0.05, 0.1) is 25.6 Å². The van der Waals surface area contributed by atoms with Crippen LogP contribution in [0.15, 0.2) is 48.5 Å². The second-order valence-corrected chi connectivity index (χ2v) is 6.97. The molecule has 1 aliphatic rings. The third kappa shape index (κ3) is 3.73. The first-order valence-electron chi connectivity index (χ1n) is 9.43. The molecule has 0 saturated heterocycles. The molecule has 5 nitrogen and oxygen atoms in total. The average Bonchev–Trinajstić information content (AvgIpc) is 3.01. The fraction of sp³-hybridized carbons (Fsp3) is 0.318. The van der Waals surface area contributed by atoms with Crippen LogP contribution in [0.4, 0.5) is 4.39 Å². The van der Waals surface area contributed by atoms with Crippen LogP contribution in [0.1, 0.15) is 17.7 Å². The summed E-state index contributed by atoms with van der Waals surface area (Å²) in [6, 6.07) is 14.6. The number of rotatable bonds is 5. The normalized spacial score (nSPS) is 14.4. The molecule has 0 aliphatic carbocycles. The summed E-state index contributed by atoms with van der Waals surface area (Å²) >= 11 is 0. The molecule has 0 bridgehead atoms. The summed E-state index contributed by atoms with van der Waals surface area (Å²) in [5.41, 5.74) is 4.09. The number of para-hydroxylation sites is 1. The van der Waals surface area contributed by atoms with Gasteiger partial charge in [-0.25, -0.2) is 4.39 Å². The van der Waals surface area contributed by atoms with Gasteiger partial charge in [0.1, 0.15) is 5.82 Å². The van der Waals surface area contributed by atoms with Crippen LogP contribution < -0.4 is 9.47 Å². The van der Waals surface area contributed by atoms with E-state index in [4.69, 9.17) is 14.6 Å². The molecule has 0 saturated carbocycles. The molecule has 0 amide bonds. The number of benzene rings is 2. The van der Waals surface area contributed by atoms with Crippen molar-refractivity contribution in [3.63, 3.8) is 0 Å². The minimum atomic E-state index is -0.233. The van der Waals surface area contributed by atoms with Gasteiger partial charge in [-0.05, 0) is 42.8 Å². The predicted octanol–water partition coefficient (Wildman–Crippen LogP) is 4.11. The lowest BCUT2D eigenvalue weighted by atomic mass is 10.1. The summed E-state index contributed by atoms with van der Waals surface area (Å²) in [4.78, 5) is 2.40. The number of fused-ring (bicyclic) bond motifs is 1. The molecule has 1 aromatic heterocycles. The van der Waals surface area contributed by atoms with E-state index in [2.05, 4.69) is 21.7 Å². The molecule has 0 spiro atoms. The van der Waals surface area contributed by atoms with Gasteiger partial charge in [-0.15, -0.1) is 0 Å². The third-order valence-corrected chi connectivity index (χ3v) is 5.11. The van der Waals surface area contributed by atoms with E-state index in [0.717, 1.165) is 60.9 Å². The van der Waals surface area contributed by atoms with Crippen molar-refractivity contribution in [1.29, 1.82) is 0 Å². The first-order valence-corrected chi connectivity index (χ1v) is 9.43. The van der Waals surface area contributed by atoms with E-state index in [-0.39, 0.29) is 5.82 Å². The number of nitrogens with zero attached hydrogens (tertiary/aromatic N) is 3. The highest BCUT2D eigenvalue weighted by Crippen LogP contribution is 2.32. The van der Waals surface area contributed by atoms with Crippen LogP contribution in [0, 0.1) is 5.82 Å². The van der Waals surface area contributed by atoms with Crippen molar-refractivity contribution in [2.45, 2.75) is 26.1 Å². The van der Waals surface area contributed by atoms with E-state index >= 15 is 0 Å². The zero-order chi connectivity index (χ0) is 19.5. The summed E-state index contributed by atoms with van der Waals surface area (Å²) in [7, 11) is 3.33. The van der Waals surface area contributed by atoms with E-state index in [1.165, 1.54) is 17.8 Å². The van der Waals surface area contributed by atoms with Gasteiger partial charge < -0.3 is 9.47 Å². The van der Waals surface area contributed by atoms with Crippen molar-refractivity contribution in [2.75, 3.05) is 20.8 Å². The van der Waals surface area contributed by atoms with Crippen LogP contribution >= 0.6 is 0 Å². The minimum absolute atomic E-state index is 0.233. The molecule has 146 valence electrons. The van der Waals surface area contributed by atoms with Gasteiger partial charge in [0.15, 0.2) is 11.5 Å². The Morgan fingerprint density at radius 2 is 1.86 bits per heavy atom. The smallest absolute Gasteiger partial charge is 0.165 e. The Kier molecular flexibility index (Phi) is 5.30. The minimum Gasteiger partial charge on any atom is -0.493 e. The summed E-state index contributed by atoms with van der Waals surface area (Å²) < 4.78 is 26.3. The number of methoxy groups -OCH3 is 2. The molecule has 3 aromatic rings. The highest BCUT2D eigenvalue weighted by molar-refractivity contribution is 5.59. The monoisotopic (exact) mass is 381 g/mol. The molecule has 4 rings (SSSR count). The Labute approximate surface area is 164 Å². The molecular weight excluding hydrogens is 357 g/mol. The summed E-state index contributed by atoms with van der Waals surface area (Å²) in [6.45, 7) is 3.43. The summed E-state index contributed by atoms with van der Waals surface area (Å²) in [5.74, 6) is 1.30. The first kappa shape index (κ1) is 18.5. The van der Waals surface area contributed by atoms with E-state index in [1.54, 1.807) is 26.4 Å². The number of hydrogen-bond donors (Lipinski definition) is 0. The van der Waals surface area contributed by atoms with Gasteiger partial charge >= 0.3 is 0 Å². The van der Waals surface area contributed by atoms with Gasteiger partial charge in [-0.1, -0.05) is 12.1 Å². The second kappa shape index (κ2) is 8.02. The molecule has 0 unspecified atom stereocenters. The standard InChI is InChI=1S/C22H24FN3O2/c1-27-21-6-3-5-17(22(21)28-2)14-25-11-4-12-26-19(15-25)13-20(24-26)16-7-9-18(23)10-8-16/h3,5-10,13H,4,11-12,14-15H2,1-2H3. The van der Waals surface area contributed by atoms with Crippen molar-refractivity contribution in [3.05, 3.63) is 65.6 Å².